The first-order valence-electron chi connectivity index (χ1n) is 6.21. The molecule has 0 aliphatic heterocycles. The van der Waals surface area contributed by atoms with Gasteiger partial charge in [0, 0.05) is 11.8 Å². The third-order valence-electron chi connectivity index (χ3n) is 2.69. The van der Waals surface area contributed by atoms with Gasteiger partial charge in [0.25, 0.3) is 0 Å². The molecule has 1 heterocycles. The number of carbonyl (C=O) groups is 2. The highest BCUT2D eigenvalue weighted by molar-refractivity contribution is 7.13. The Morgan fingerprint density at radius 1 is 1.35 bits per heavy atom. The van der Waals surface area contributed by atoms with Crippen LogP contribution in [-0.4, -0.2) is 39.2 Å². The van der Waals surface area contributed by atoms with Crippen LogP contribution in [0.15, 0.2) is 5.38 Å². The predicted molar refractivity (Wildman–Crippen MR) is 75.7 cm³/mol. The van der Waals surface area contributed by atoms with E-state index >= 15 is 0 Å². The van der Waals surface area contributed by atoms with Gasteiger partial charge in [0.1, 0.15) is 12.1 Å². The first kappa shape index (κ1) is 16.4. The van der Waals surface area contributed by atoms with Crippen LogP contribution in [0.3, 0.4) is 0 Å². The van der Waals surface area contributed by atoms with E-state index in [1.165, 1.54) is 11.3 Å². The molecule has 8 heteroatoms. The molecule has 1 aromatic heterocycles. The third kappa shape index (κ3) is 5.14. The molecule has 2 atom stereocenters. The topological polar surface area (TPSA) is 126 Å². The van der Waals surface area contributed by atoms with Crippen molar-refractivity contribution in [2.45, 2.75) is 38.8 Å². The Hall–Kier alpha value is -1.67. The lowest BCUT2D eigenvalue weighted by Crippen LogP contribution is -2.48. The number of hydrogen-bond donors (Lipinski definition) is 4. The molecule has 0 aliphatic rings. The third-order valence-corrected chi connectivity index (χ3v) is 3.41. The number of nitrogens with two attached hydrogens (primary N) is 1. The molecule has 1 rings (SSSR count). The quantitative estimate of drug-likeness (QED) is 0.559. The summed E-state index contributed by atoms with van der Waals surface area (Å²) in [5.41, 5.74) is 6.03. The summed E-state index contributed by atoms with van der Waals surface area (Å²) in [6.07, 6.45) is 0.462. The van der Waals surface area contributed by atoms with Crippen molar-refractivity contribution in [2.24, 2.45) is 5.92 Å². The van der Waals surface area contributed by atoms with Gasteiger partial charge in [0.2, 0.25) is 0 Å². The lowest BCUT2D eigenvalue weighted by Gasteiger charge is -2.21. The first-order valence-corrected chi connectivity index (χ1v) is 7.09. The highest BCUT2D eigenvalue weighted by Crippen LogP contribution is 2.14. The number of carboxylic acids is 2. The minimum Gasteiger partial charge on any atom is -0.480 e. The van der Waals surface area contributed by atoms with Gasteiger partial charge in [-0.2, -0.15) is 0 Å². The zero-order chi connectivity index (χ0) is 15.3. The van der Waals surface area contributed by atoms with Gasteiger partial charge in [-0.1, -0.05) is 13.8 Å². The highest BCUT2D eigenvalue weighted by atomic mass is 32.1. The van der Waals surface area contributed by atoms with Gasteiger partial charge in [0.15, 0.2) is 5.13 Å². The van der Waals surface area contributed by atoms with Crippen LogP contribution < -0.4 is 11.1 Å². The maximum atomic E-state index is 11.2. The van der Waals surface area contributed by atoms with E-state index in [0.717, 1.165) is 0 Å². The number of rotatable bonds is 8. The number of aromatic nitrogens is 1. The van der Waals surface area contributed by atoms with Gasteiger partial charge in [-0.15, -0.1) is 11.3 Å². The second kappa shape index (κ2) is 7.20. The van der Waals surface area contributed by atoms with Crippen molar-refractivity contribution in [1.82, 2.24) is 10.3 Å². The zero-order valence-corrected chi connectivity index (χ0v) is 12.2. The molecular weight excluding hydrogens is 282 g/mol. The van der Waals surface area contributed by atoms with Crippen LogP contribution in [0.4, 0.5) is 5.13 Å². The summed E-state index contributed by atoms with van der Waals surface area (Å²) >= 11 is 1.22. The average Bonchev–Trinajstić information content (AvgIpc) is 2.72. The Morgan fingerprint density at radius 3 is 2.35 bits per heavy atom. The van der Waals surface area contributed by atoms with Crippen molar-refractivity contribution in [3.63, 3.8) is 0 Å². The lowest BCUT2D eigenvalue weighted by molar-refractivity contribution is -0.142. The molecule has 0 radical (unpaired) electrons. The largest absolute Gasteiger partial charge is 0.480 e. The monoisotopic (exact) mass is 301 g/mol. The molecule has 1 aromatic rings. The van der Waals surface area contributed by atoms with E-state index in [0.29, 0.717) is 17.2 Å². The molecule has 0 bridgehead atoms. The lowest BCUT2D eigenvalue weighted by atomic mass is 10.0. The number of aliphatic carboxylic acids is 2. The van der Waals surface area contributed by atoms with Crippen LogP contribution in [0.2, 0.25) is 0 Å². The summed E-state index contributed by atoms with van der Waals surface area (Å²) in [5.74, 6) is -2.01. The standard InChI is InChI=1S/C12H19N3O4S/c1-6(2)3-8(10(16)17)15-9(11(18)19)4-7-5-20-12(13)14-7/h5-6,8-9,15H,3-4H2,1-2H3,(H2,13,14)(H,16,17)(H,18,19)/t8?,9-/m0/s1. The number of thiazole rings is 1. The molecule has 0 fully saturated rings. The fourth-order valence-corrected chi connectivity index (χ4v) is 2.37. The van der Waals surface area contributed by atoms with Crippen molar-refractivity contribution in [1.29, 1.82) is 0 Å². The molecule has 112 valence electrons. The first-order chi connectivity index (χ1) is 9.29. The van der Waals surface area contributed by atoms with E-state index in [4.69, 9.17) is 10.8 Å². The molecule has 0 saturated heterocycles. The Balaban J connectivity index is 2.74. The fraction of sp³-hybridized carbons (Fsp3) is 0.583. The molecule has 20 heavy (non-hydrogen) atoms. The van der Waals surface area contributed by atoms with E-state index < -0.39 is 24.0 Å². The van der Waals surface area contributed by atoms with Crippen LogP contribution in [0.5, 0.6) is 0 Å². The molecule has 0 amide bonds. The Kier molecular flexibility index (Phi) is 5.90. The number of nitrogen functional groups attached to an aromatic ring is 1. The number of carboxylic acid groups (broad SMARTS) is 2. The van der Waals surface area contributed by atoms with E-state index in [2.05, 4.69) is 10.3 Å². The summed E-state index contributed by atoms with van der Waals surface area (Å²) in [4.78, 5) is 26.4. The second-order valence-electron chi connectivity index (χ2n) is 4.96. The number of anilines is 1. The number of hydrogen-bond acceptors (Lipinski definition) is 6. The minimum atomic E-state index is -1.11. The van der Waals surface area contributed by atoms with Gasteiger partial charge in [0.05, 0.1) is 5.69 Å². The van der Waals surface area contributed by atoms with Crippen molar-refractivity contribution >= 4 is 28.4 Å². The molecule has 0 aliphatic carbocycles. The van der Waals surface area contributed by atoms with Crippen LogP contribution in [-0.2, 0) is 16.0 Å². The minimum absolute atomic E-state index is 0.102. The van der Waals surface area contributed by atoms with Crippen molar-refractivity contribution < 1.29 is 19.8 Å². The van der Waals surface area contributed by atoms with Crippen LogP contribution in [0.1, 0.15) is 26.0 Å². The van der Waals surface area contributed by atoms with Gasteiger partial charge in [-0.25, -0.2) is 4.98 Å². The van der Waals surface area contributed by atoms with E-state index in [-0.39, 0.29) is 12.3 Å². The molecular formula is C12H19N3O4S. The van der Waals surface area contributed by atoms with E-state index in [9.17, 15) is 14.7 Å². The molecule has 5 N–H and O–H groups in total. The van der Waals surface area contributed by atoms with Gasteiger partial charge < -0.3 is 15.9 Å². The van der Waals surface area contributed by atoms with Crippen LogP contribution in [0.25, 0.3) is 0 Å². The molecule has 0 saturated carbocycles. The Labute approximate surface area is 120 Å². The Morgan fingerprint density at radius 2 is 1.95 bits per heavy atom. The normalized spacial score (nSPS) is 14.2. The SMILES string of the molecule is CC(C)CC(N[C@@H](Cc1csc(N)n1)C(=O)O)C(=O)O. The van der Waals surface area contributed by atoms with Gasteiger partial charge in [-0.05, 0) is 12.3 Å². The summed E-state index contributed by atoms with van der Waals surface area (Å²) in [6, 6.07) is -1.90. The van der Waals surface area contributed by atoms with Gasteiger partial charge in [-0.3, -0.25) is 14.9 Å². The van der Waals surface area contributed by atoms with Crippen LogP contribution in [0, 0.1) is 5.92 Å². The van der Waals surface area contributed by atoms with Crippen LogP contribution >= 0.6 is 11.3 Å². The molecule has 0 aromatic carbocycles. The highest BCUT2D eigenvalue weighted by Gasteiger charge is 2.27. The smallest absolute Gasteiger partial charge is 0.321 e. The summed E-state index contributed by atoms with van der Waals surface area (Å²) < 4.78 is 0. The summed E-state index contributed by atoms with van der Waals surface area (Å²) in [7, 11) is 0. The second-order valence-corrected chi connectivity index (χ2v) is 5.85. The molecule has 7 nitrogen and oxygen atoms in total. The van der Waals surface area contributed by atoms with Crippen molar-refractivity contribution in [3.8, 4) is 0 Å². The molecule has 1 unspecified atom stereocenters. The molecule has 0 spiro atoms. The predicted octanol–water partition coefficient (Wildman–Crippen LogP) is 0.810. The fourth-order valence-electron chi connectivity index (χ4n) is 1.80. The van der Waals surface area contributed by atoms with Crippen molar-refractivity contribution in [2.75, 3.05) is 5.73 Å². The zero-order valence-electron chi connectivity index (χ0n) is 11.4. The summed E-state index contributed by atoms with van der Waals surface area (Å²) in [6.45, 7) is 3.77. The average molecular weight is 301 g/mol. The van der Waals surface area contributed by atoms with Gasteiger partial charge >= 0.3 is 11.9 Å². The maximum Gasteiger partial charge on any atom is 0.321 e. The van der Waals surface area contributed by atoms with E-state index in [1.807, 2.05) is 13.8 Å². The van der Waals surface area contributed by atoms with E-state index in [1.54, 1.807) is 5.38 Å². The van der Waals surface area contributed by atoms with Crippen molar-refractivity contribution in [3.05, 3.63) is 11.1 Å². The summed E-state index contributed by atoms with van der Waals surface area (Å²) in [5, 5.41) is 23.0. The number of nitrogens with one attached hydrogen (secondary N) is 1. The number of nitrogens with zero attached hydrogens (tertiary/aromatic N) is 1. The maximum absolute atomic E-state index is 11.2. The Bertz CT molecular complexity index is 475.